The first-order valence-corrected chi connectivity index (χ1v) is 7.22. The number of nitrogens with one attached hydrogen (secondary N) is 1. The van der Waals surface area contributed by atoms with Crippen molar-refractivity contribution in [3.63, 3.8) is 0 Å². The molecule has 0 bridgehead atoms. The maximum Gasteiger partial charge on any atom is 0.0965 e. The largest absolute Gasteiger partial charge is 0.501 e. The third-order valence-corrected chi connectivity index (χ3v) is 4.13. The highest BCUT2D eigenvalue weighted by Gasteiger charge is 2.37. The molecule has 0 aliphatic carbocycles. The second-order valence-corrected chi connectivity index (χ2v) is 6.39. The van der Waals surface area contributed by atoms with E-state index in [1.165, 1.54) is 6.42 Å². The quantitative estimate of drug-likeness (QED) is 0.838. The molecule has 2 rings (SSSR count). The Morgan fingerprint density at radius 1 is 1.56 bits per heavy atom. The molecule has 0 spiro atoms. The van der Waals surface area contributed by atoms with E-state index in [1.54, 1.807) is 0 Å². The van der Waals surface area contributed by atoms with Gasteiger partial charge in [-0.2, -0.15) is 0 Å². The summed E-state index contributed by atoms with van der Waals surface area (Å²) in [5.41, 5.74) is 0.200. The predicted molar refractivity (Wildman–Crippen MR) is 75.5 cm³/mol. The van der Waals surface area contributed by atoms with Crippen molar-refractivity contribution in [2.24, 2.45) is 17.3 Å². The molecule has 0 aromatic heterocycles. The lowest BCUT2D eigenvalue weighted by molar-refractivity contribution is 0.0126. The summed E-state index contributed by atoms with van der Waals surface area (Å²) in [6.07, 6.45) is 6.81. The Balaban J connectivity index is 0.00000180. The van der Waals surface area contributed by atoms with E-state index in [4.69, 9.17) is 9.47 Å². The smallest absolute Gasteiger partial charge is 0.0965 e. The van der Waals surface area contributed by atoms with Gasteiger partial charge in [0.05, 0.1) is 19.0 Å². The van der Waals surface area contributed by atoms with E-state index in [1.807, 2.05) is 6.26 Å². The summed E-state index contributed by atoms with van der Waals surface area (Å²) in [5.74, 6) is 1.26. The zero-order valence-electron chi connectivity index (χ0n) is 11.9. The van der Waals surface area contributed by atoms with E-state index in [0.717, 1.165) is 32.7 Å². The molecule has 2 aliphatic rings. The van der Waals surface area contributed by atoms with Gasteiger partial charge in [0, 0.05) is 20.0 Å². The second-order valence-electron chi connectivity index (χ2n) is 6.39. The van der Waals surface area contributed by atoms with Crippen LogP contribution in [0.3, 0.4) is 0 Å². The molecule has 3 atom stereocenters. The molecule has 106 valence electrons. The van der Waals surface area contributed by atoms with Crippen molar-refractivity contribution in [3.05, 3.63) is 12.3 Å². The van der Waals surface area contributed by atoms with Crippen LogP contribution in [-0.4, -0.2) is 32.4 Å². The Morgan fingerprint density at radius 2 is 2.39 bits per heavy atom. The van der Waals surface area contributed by atoms with Crippen molar-refractivity contribution < 1.29 is 10.9 Å². The van der Waals surface area contributed by atoms with E-state index in [2.05, 4.69) is 32.2 Å². The molecule has 2 aliphatic heterocycles. The summed E-state index contributed by atoms with van der Waals surface area (Å²) in [6, 6.07) is 0. The first-order valence-electron chi connectivity index (χ1n) is 7.22. The molecule has 0 aromatic rings. The van der Waals surface area contributed by atoms with Gasteiger partial charge in [0.25, 0.3) is 0 Å². The fourth-order valence-corrected chi connectivity index (χ4v) is 2.85. The Labute approximate surface area is 112 Å². The minimum atomic E-state index is 0. The molecule has 2 heterocycles. The Morgan fingerprint density at radius 3 is 3.06 bits per heavy atom. The van der Waals surface area contributed by atoms with Crippen LogP contribution in [0.5, 0.6) is 0 Å². The van der Waals surface area contributed by atoms with Gasteiger partial charge in [0.1, 0.15) is 0 Å². The van der Waals surface area contributed by atoms with E-state index < -0.39 is 0 Å². The molecule has 0 amide bonds. The summed E-state index contributed by atoms with van der Waals surface area (Å²) in [4.78, 5) is 0. The number of hydrogen-bond acceptors (Lipinski definition) is 3. The van der Waals surface area contributed by atoms with E-state index >= 15 is 0 Å². The monoisotopic (exact) mass is 255 g/mol. The van der Waals surface area contributed by atoms with Gasteiger partial charge >= 0.3 is 0 Å². The summed E-state index contributed by atoms with van der Waals surface area (Å²) >= 11 is 0. The molecule has 3 nitrogen and oxygen atoms in total. The average Bonchev–Trinajstić information content (AvgIpc) is 2.64. The topological polar surface area (TPSA) is 30.5 Å². The van der Waals surface area contributed by atoms with Gasteiger partial charge in [0.2, 0.25) is 0 Å². The van der Waals surface area contributed by atoms with Crippen molar-refractivity contribution in [2.45, 2.75) is 39.7 Å². The molecule has 1 unspecified atom stereocenters. The van der Waals surface area contributed by atoms with Crippen LogP contribution in [0.4, 0.5) is 0 Å². The zero-order chi connectivity index (χ0) is 13.0. The van der Waals surface area contributed by atoms with Gasteiger partial charge in [-0.3, -0.25) is 0 Å². The zero-order valence-corrected chi connectivity index (χ0v) is 11.9. The van der Waals surface area contributed by atoms with Crippen molar-refractivity contribution in [2.75, 3.05) is 26.3 Å². The maximum atomic E-state index is 6.03. The van der Waals surface area contributed by atoms with Crippen LogP contribution >= 0.6 is 0 Å². The minimum Gasteiger partial charge on any atom is -0.501 e. The first-order chi connectivity index (χ1) is 8.60. The number of ether oxygens (including phenoxy) is 2. The van der Waals surface area contributed by atoms with E-state index in [0.29, 0.717) is 17.9 Å². The van der Waals surface area contributed by atoms with Gasteiger partial charge in [0.15, 0.2) is 0 Å². The molecule has 1 N–H and O–H groups in total. The van der Waals surface area contributed by atoms with Crippen LogP contribution in [0.2, 0.25) is 0 Å². The van der Waals surface area contributed by atoms with E-state index in [-0.39, 0.29) is 6.84 Å². The SMILES string of the molecule is CC(C)CO[C@H]1CNCC[C@H](C2(C)C=COC2)C1.[HH]. The van der Waals surface area contributed by atoms with Gasteiger partial charge in [-0.1, -0.05) is 20.8 Å². The highest BCUT2D eigenvalue weighted by Crippen LogP contribution is 2.39. The van der Waals surface area contributed by atoms with Crippen molar-refractivity contribution in [1.29, 1.82) is 0 Å². The lowest BCUT2D eigenvalue weighted by atomic mass is 9.74. The molecule has 0 saturated carbocycles. The van der Waals surface area contributed by atoms with Crippen LogP contribution in [0, 0.1) is 17.3 Å². The molecule has 3 heteroatoms. The lowest BCUT2D eigenvalue weighted by Gasteiger charge is -2.32. The summed E-state index contributed by atoms with van der Waals surface area (Å²) in [6.45, 7) is 10.5. The van der Waals surface area contributed by atoms with Crippen molar-refractivity contribution in [1.82, 2.24) is 5.32 Å². The van der Waals surface area contributed by atoms with Crippen molar-refractivity contribution in [3.8, 4) is 0 Å². The first kappa shape index (κ1) is 13.9. The second kappa shape index (κ2) is 6.07. The fourth-order valence-electron chi connectivity index (χ4n) is 2.85. The molecule has 1 fully saturated rings. The molecular formula is C15H29NO2. The molecule has 0 aromatic carbocycles. The normalized spacial score (nSPS) is 36.7. The van der Waals surface area contributed by atoms with Crippen LogP contribution in [0.1, 0.15) is 35.0 Å². The summed E-state index contributed by atoms with van der Waals surface area (Å²) < 4.78 is 11.5. The third-order valence-electron chi connectivity index (χ3n) is 4.13. The molecule has 0 radical (unpaired) electrons. The highest BCUT2D eigenvalue weighted by molar-refractivity contribution is 5.04. The van der Waals surface area contributed by atoms with Crippen LogP contribution in [0.15, 0.2) is 12.3 Å². The van der Waals surface area contributed by atoms with E-state index in [9.17, 15) is 0 Å². The molecular weight excluding hydrogens is 226 g/mol. The lowest BCUT2D eigenvalue weighted by Crippen LogP contribution is -2.32. The van der Waals surface area contributed by atoms with Crippen LogP contribution < -0.4 is 5.32 Å². The van der Waals surface area contributed by atoms with Gasteiger partial charge in [-0.15, -0.1) is 0 Å². The number of rotatable bonds is 4. The Bertz CT molecular complexity index is 296. The Kier molecular flexibility index (Phi) is 4.68. The van der Waals surface area contributed by atoms with Gasteiger partial charge in [-0.05, 0) is 37.3 Å². The highest BCUT2D eigenvalue weighted by atomic mass is 16.5. The molecule has 1 saturated heterocycles. The fraction of sp³-hybridized carbons (Fsp3) is 0.867. The Hall–Kier alpha value is -0.540. The summed E-state index contributed by atoms with van der Waals surface area (Å²) in [7, 11) is 0. The van der Waals surface area contributed by atoms with Crippen LogP contribution in [0.25, 0.3) is 0 Å². The molecule has 18 heavy (non-hydrogen) atoms. The maximum absolute atomic E-state index is 6.03. The predicted octanol–water partition coefficient (Wildman–Crippen LogP) is 2.82. The van der Waals surface area contributed by atoms with Crippen LogP contribution in [-0.2, 0) is 9.47 Å². The minimum absolute atomic E-state index is 0. The summed E-state index contributed by atoms with van der Waals surface area (Å²) in [5, 5.41) is 3.50. The van der Waals surface area contributed by atoms with Gasteiger partial charge < -0.3 is 14.8 Å². The standard InChI is InChI=1S/C15H27NO2.H2/c1-12(2)10-18-14-8-13(4-6-16-9-14)15(3)5-7-17-11-15;/h5,7,12-14,16H,4,6,8-11H2,1-3H3;1H/t13-,14+,15?;/m0./s1. The number of hydrogen-bond donors (Lipinski definition) is 1. The van der Waals surface area contributed by atoms with Crippen molar-refractivity contribution >= 4 is 0 Å². The van der Waals surface area contributed by atoms with Gasteiger partial charge in [-0.25, -0.2) is 0 Å². The average molecular weight is 255 g/mol. The third kappa shape index (κ3) is 3.48.